The molecule has 0 saturated carbocycles. The molecule has 0 aliphatic carbocycles. The fourth-order valence-corrected chi connectivity index (χ4v) is 1.30. The molecule has 0 N–H and O–H groups in total. The van der Waals surface area contributed by atoms with Crippen molar-refractivity contribution in [3.63, 3.8) is 0 Å². The van der Waals surface area contributed by atoms with E-state index in [1.165, 1.54) is 0 Å². The zero-order valence-corrected chi connectivity index (χ0v) is 9.96. The fourth-order valence-electron chi connectivity index (χ4n) is 1.30. The van der Waals surface area contributed by atoms with Crippen LogP contribution in [-0.2, 0) is 4.74 Å². The second kappa shape index (κ2) is 4.24. The highest BCUT2D eigenvalue weighted by Gasteiger charge is 2.23. The topological polar surface area (TPSA) is 56.8 Å². The van der Waals surface area contributed by atoms with E-state index in [-0.39, 0.29) is 11.0 Å². The van der Waals surface area contributed by atoms with Crippen LogP contribution in [0.5, 0.6) is 0 Å². The van der Waals surface area contributed by atoms with Gasteiger partial charge in [0.05, 0.1) is 0 Å². The highest BCUT2D eigenvalue weighted by molar-refractivity contribution is 5.52. The molecule has 3 nitrogen and oxygen atoms in total. The Labute approximate surface area is 95.9 Å². The molecule has 0 radical (unpaired) electrons. The van der Waals surface area contributed by atoms with Gasteiger partial charge in [0.15, 0.2) is 0 Å². The SMILES string of the molecule is CC1=CC(=C(C#N)C#N)C=C(C(C)(C)C)O1. The fraction of sp³-hybridized carbons (Fsp3) is 0.385. The van der Waals surface area contributed by atoms with Gasteiger partial charge in [-0.15, -0.1) is 0 Å². The molecular formula is C13H14N2O. The minimum absolute atomic E-state index is 0.115. The molecule has 0 saturated heterocycles. The number of hydrogen-bond acceptors (Lipinski definition) is 3. The first-order valence-electron chi connectivity index (χ1n) is 5.01. The van der Waals surface area contributed by atoms with E-state index in [1.807, 2.05) is 39.8 Å². The standard InChI is InChI=1S/C13H14N2O/c1-9-5-10(11(7-14)8-15)6-12(16-9)13(2,3)4/h5-6H,1-4H3. The van der Waals surface area contributed by atoms with E-state index in [0.29, 0.717) is 11.3 Å². The van der Waals surface area contributed by atoms with Gasteiger partial charge in [0.25, 0.3) is 0 Å². The predicted molar refractivity (Wildman–Crippen MR) is 60.6 cm³/mol. The lowest BCUT2D eigenvalue weighted by Gasteiger charge is -2.26. The summed E-state index contributed by atoms with van der Waals surface area (Å²) < 4.78 is 5.59. The lowest BCUT2D eigenvalue weighted by atomic mass is 9.90. The molecule has 0 aromatic rings. The average Bonchev–Trinajstić information content (AvgIpc) is 2.17. The molecule has 0 atom stereocenters. The van der Waals surface area contributed by atoms with Gasteiger partial charge in [-0.2, -0.15) is 10.5 Å². The summed E-state index contributed by atoms with van der Waals surface area (Å²) in [5.74, 6) is 1.47. The molecule has 0 aromatic heterocycles. The number of allylic oxidation sites excluding steroid dienone is 6. The van der Waals surface area contributed by atoms with Crippen LogP contribution >= 0.6 is 0 Å². The largest absolute Gasteiger partial charge is 0.466 e. The molecule has 1 heterocycles. The Balaban J connectivity index is 3.30. The summed E-state index contributed by atoms with van der Waals surface area (Å²) in [4.78, 5) is 0. The second-order valence-corrected chi connectivity index (χ2v) is 4.67. The van der Waals surface area contributed by atoms with Crippen LogP contribution in [0.25, 0.3) is 0 Å². The van der Waals surface area contributed by atoms with Crippen LogP contribution in [0.1, 0.15) is 27.7 Å². The quantitative estimate of drug-likeness (QED) is 0.582. The minimum atomic E-state index is -0.142. The van der Waals surface area contributed by atoms with Gasteiger partial charge >= 0.3 is 0 Å². The van der Waals surface area contributed by atoms with Gasteiger partial charge in [-0.25, -0.2) is 0 Å². The molecule has 16 heavy (non-hydrogen) atoms. The van der Waals surface area contributed by atoms with E-state index in [9.17, 15) is 0 Å². The summed E-state index contributed by atoms with van der Waals surface area (Å²) in [5.41, 5.74) is 0.597. The molecule has 3 heteroatoms. The Morgan fingerprint density at radius 3 is 2.19 bits per heavy atom. The van der Waals surface area contributed by atoms with Crippen molar-refractivity contribution in [1.82, 2.24) is 0 Å². The van der Waals surface area contributed by atoms with Crippen LogP contribution in [0.4, 0.5) is 0 Å². The van der Waals surface area contributed by atoms with Crippen molar-refractivity contribution in [3.8, 4) is 12.1 Å². The van der Waals surface area contributed by atoms with Crippen molar-refractivity contribution in [2.45, 2.75) is 27.7 Å². The predicted octanol–water partition coefficient (Wildman–Crippen LogP) is 3.19. The molecule has 0 unspecified atom stereocenters. The third-order valence-electron chi connectivity index (χ3n) is 2.17. The summed E-state index contributed by atoms with van der Waals surface area (Å²) in [5, 5.41) is 17.6. The second-order valence-electron chi connectivity index (χ2n) is 4.67. The Morgan fingerprint density at radius 2 is 1.75 bits per heavy atom. The molecular weight excluding hydrogens is 200 g/mol. The van der Waals surface area contributed by atoms with Gasteiger partial charge in [0.1, 0.15) is 29.2 Å². The van der Waals surface area contributed by atoms with Crippen LogP contribution in [0.3, 0.4) is 0 Å². The maximum atomic E-state index is 8.82. The van der Waals surface area contributed by atoms with E-state index < -0.39 is 0 Å². The highest BCUT2D eigenvalue weighted by atomic mass is 16.5. The molecule has 1 aliphatic heterocycles. The van der Waals surface area contributed by atoms with Crippen molar-refractivity contribution >= 4 is 0 Å². The lowest BCUT2D eigenvalue weighted by molar-refractivity contribution is 0.215. The Hall–Kier alpha value is -2.00. The first-order valence-corrected chi connectivity index (χ1v) is 5.01. The number of nitriles is 2. The average molecular weight is 214 g/mol. The third-order valence-corrected chi connectivity index (χ3v) is 2.17. The van der Waals surface area contributed by atoms with Crippen LogP contribution in [0, 0.1) is 28.1 Å². The van der Waals surface area contributed by atoms with Gasteiger partial charge in [-0.3, -0.25) is 0 Å². The van der Waals surface area contributed by atoms with Crippen LogP contribution in [-0.4, -0.2) is 0 Å². The van der Waals surface area contributed by atoms with Crippen molar-refractivity contribution in [2.75, 3.05) is 0 Å². The molecule has 0 spiro atoms. The van der Waals surface area contributed by atoms with Crippen molar-refractivity contribution in [2.24, 2.45) is 5.41 Å². The smallest absolute Gasteiger partial charge is 0.137 e. The van der Waals surface area contributed by atoms with E-state index >= 15 is 0 Å². The number of nitrogens with zero attached hydrogens (tertiary/aromatic N) is 2. The first-order chi connectivity index (χ1) is 7.38. The first kappa shape index (κ1) is 12.1. The molecule has 82 valence electrons. The zero-order valence-electron chi connectivity index (χ0n) is 9.96. The van der Waals surface area contributed by atoms with Gasteiger partial charge in [-0.1, -0.05) is 20.8 Å². The maximum Gasteiger partial charge on any atom is 0.137 e. The Morgan fingerprint density at radius 1 is 1.19 bits per heavy atom. The summed E-state index contributed by atoms with van der Waals surface area (Å²) in [6, 6.07) is 3.78. The molecule has 1 aliphatic rings. The normalized spacial score (nSPS) is 15.2. The lowest BCUT2D eigenvalue weighted by Crippen LogP contribution is -2.14. The molecule has 1 rings (SSSR count). The van der Waals surface area contributed by atoms with E-state index in [4.69, 9.17) is 15.3 Å². The highest BCUT2D eigenvalue weighted by Crippen LogP contribution is 2.33. The van der Waals surface area contributed by atoms with Crippen LogP contribution in [0.15, 0.2) is 34.8 Å². The van der Waals surface area contributed by atoms with Crippen molar-refractivity contribution in [3.05, 3.63) is 34.8 Å². The third kappa shape index (κ3) is 2.52. The van der Waals surface area contributed by atoms with E-state index in [2.05, 4.69) is 0 Å². The van der Waals surface area contributed by atoms with E-state index in [1.54, 1.807) is 12.2 Å². The number of hydrogen-bond donors (Lipinski definition) is 0. The number of ether oxygens (including phenoxy) is 1. The molecule has 0 bridgehead atoms. The van der Waals surface area contributed by atoms with Crippen LogP contribution in [0.2, 0.25) is 0 Å². The zero-order chi connectivity index (χ0) is 12.3. The monoisotopic (exact) mass is 214 g/mol. The van der Waals surface area contributed by atoms with Gasteiger partial charge in [-0.05, 0) is 19.1 Å². The van der Waals surface area contributed by atoms with Crippen molar-refractivity contribution < 1.29 is 4.74 Å². The summed E-state index contributed by atoms with van der Waals surface area (Å²) >= 11 is 0. The summed E-state index contributed by atoms with van der Waals surface area (Å²) in [6.45, 7) is 7.87. The van der Waals surface area contributed by atoms with E-state index in [0.717, 1.165) is 5.76 Å². The van der Waals surface area contributed by atoms with Crippen LogP contribution < -0.4 is 0 Å². The minimum Gasteiger partial charge on any atom is -0.466 e. The Kier molecular flexibility index (Phi) is 3.20. The molecule has 0 aromatic carbocycles. The van der Waals surface area contributed by atoms with Crippen molar-refractivity contribution in [1.29, 1.82) is 10.5 Å². The number of rotatable bonds is 0. The molecule has 0 fully saturated rings. The Bertz CT molecular complexity index is 458. The molecule has 0 amide bonds. The van der Waals surface area contributed by atoms with Gasteiger partial charge in [0, 0.05) is 11.0 Å². The summed E-state index contributed by atoms with van der Waals surface area (Å²) in [6.07, 6.45) is 3.46. The maximum absolute atomic E-state index is 8.82. The van der Waals surface area contributed by atoms with Gasteiger partial charge in [0.2, 0.25) is 0 Å². The van der Waals surface area contributed by atoms with Gasteiger partial charge < -0.3 is 4.74 Å². The summed E-state index contributed by atoms with van der Waals surface area (Å²) in [7, 11) is 0.